The van der Waals surface area contributed by atoms with E-state index >= 15 is 0 Å². The predicted octanol–water partition coefficient (Wildman–Crippen LogP) is 3.10. The summed E-state index contributed by atoms with van der Waals surface area (Å²) in [7, 11) is 0. The van der Waals surface area contributed by atoms with Crippen LogP contribution in [0.1, 0.15) is 4.88 Å². The smallest absolute Gasteiger partial charge is 0.128 e. The number of thiophene rings is 1. The number of hydrogen-bond acceptors (Lipinski definition) is 4. The molecule has 2 aromatic rings. The molecule has 0 radical (unpaired) electrons. The molecule has 0 bridgehead atoms. The van der Waals surface area contributed by atoms with Gasteiger partial charge in [0.25, 0.3) is 0 Å². The summed E-state index contributed by atoms with van der Waals surface area (Å²) in [6.45, 7) is 0.771. The molecule has 5 heteroatoms. The van der Waals surface area contributed by atoms with Crippen molar-refractivity contribution in [2.24, 2.45) is 0 Å². The molecular weight excluding hydrogens is 274 g/mol. The number of pyridine rings is 1. The van der Waals surface area contributed by atoms with E-state index in [1.807, 2.05) is 12.1 Å². The first-order valence-electron chi connectivity index (χ1n) is 4.43. The number of anilines is 2. The van der Waals surface area contributed by atoms with Crippen molar-refractivity contribution in [3.05, 3.63) is 39.1 Å². The Hall–Kier alpha value is -1.07. The molecule has 2 aromatic heterocycles. The molecule has 0 aliphatic carbocycles. The van der Waals surface area contributed by atoms with Gasteiger partial charge in [0.15, 0.2) is 0 Å². The molecule has 78 valence electrons. The fraction of sp³-hybridized carbons (Fsp3) is 0.100. The van der Waals surface area contributed by atoms with E-state index in [1.54, 1.807) is 23.6 Å². The number of nitrogen functional groups attached to an aromatic ring is 1. The number of aromatic nitrogens is 1. The maximum atomic E-state index is 5.65. The highest BCUT2D eigenvalue weighted by Gasteiger charge is 1.98. The lowest BCUT2D eigenvalue weighted by atomic mass is 10.4. The Balaban J connectivity index is 1.99. The molecular formula is C10H10BrN3S. The van der Waals surface area contributed by atoms with Gasteiger partial charge in [0.1, 0.15) is 5.82 Å². The van der Waals surface area contributed by atoms with Gasteiger partial charge in [-0.3, -0.25) is 0 Å². The molecule has 15 heavy (non-hydrogen) atoms. The summed E-state index contributed by atoms with van der Waals surface area (Å²) in [6.07, 6.45) is 1.70. The van der Waals surface area contributed by atoms with Gasteiger partial charge in [0, 0.05) is 22.8 Å². The number of halogens is 1. The third-order valence-electron chi connectivity index (χ3n) is 1.86. The highest BCUT2D eigenvalue weighted by Crippen LogP contribution is 2.22. The van der Waals surface area contributed by atoms with Crippen LogP contribution in [-0.2, 0) is 6.54 Å². The lowest BCUT2D eigenvalue weighted by Gasteiger charge is -2.03. The number of rotatable bonds is 3. The molecule has 3 nitrogen and oxygen atoms in total. The van der Waals surface area contributed by atoms with Crippen molar-refractivity contribution in [2.45, 2.75) is 6.54 Å². The van der Waals surface area contributed by atoms with E-state index in [1.165, 1.54) is 4.88 Å². The Morgan fingerprint density at radius 3 is 2.93 bits per heavy atom. The zero-order valence-corrected chi connectivity index (χ0v) is 10.3. The molecule has 0 aliphatic rings. The zero-order chi connectivity index (χ0) is 10.7. The Bertz CT molecular complexity index is 455. The van der Waals surface area contributed by atoms with E-state index in [4.69, 9.17) is 5.73 Å². The minimum absolute atomic E-state index is 0.722. The zero-order valence-electron chi connectivity index (χ0n) is 7.90. The van der Waals surface area contributed by atoms with Crippen LogP contribution < -0.4 is 11.1 Å². The molecule has 0 aliphatic heterocycles. The molecule has 0 saturated heterocycles. The minimum atomic E-state index is 0.722. The van der Waals surface area contributed by atoms with E-state index in [9.17, 15) is 0 Å². The minimum Gasteiger partial charge on any atom is -0.399 e. The summed E-state index contributed by atoms with van der Waals surface area (Å²) >= 11 is 5.13. The van der Waals surface area contributed by atoms with Gasteiger partial charge < -0.3 is 11.1 Å². The van der Waals surface area contributed by atoms with E-state index in [2.05, 4.69) is 32.3 Å². The largest absolute Gasteiger partial charge is 0.399 e. The fourth-order valence-corrected chi connectivity index (χ4v) is 2.59. The lowest BCUT2D eigenvalue weighted by molar-refractivity contribution is 1.14. The highest BCUT2D eigenvalue weighted by molar-refractivity contribution is 9.11. The van der Waals surface area contributed by atoms with Crippen molar-refractivity contribution in [3.8, 4) is 0 Å². The van der Waals surface area contributed by atoms with Gasteiger partial charge in [-0.2, -0.15) is 0 Å². The monoisotopic (exact) mass is 283 g/mol. The summed E-state index contributed by atoms with van der Waals surface area (Å²) in [4.78, 5) is 5.42. The van der Waals surface area contributed by atoms with Crippen LogP contribution >= 0.6 is 27.3 Å². The Morgan fingerprint density at radius 1 is 1.40 bits per heavy atom. The van der Waals surface area contributed by atoms with E-state index in [-0.39, 0.29) is 0 Å². The first kappa shape index (κ1) is 10.4. The first-order chi connectivity index (χ1) is 7.24. The van der Waals surface area contributed by atoms with Crippen molar-refractivity contribution in [1.82, 2.24) is 4.98 Å². The van der Waals surface area contributed by atoms with Crippen molar-refractivity contribution in [1.29, 1.82) is 0 Å². The average molecular weight is 284 g/mol. The van der Waals surface area contributed by atoms with E-state index in [0.29, 0.717) is 0 Å². The lowest BCUT2D eigenvalue weighted by Crippen LogP contribution is -2.00. The Labute approximate surface area is 100 Å². The first-order valence-corrected chi connectivity index (χ1v) is 6.04. The number of nitrogens with one attached hydrogen (secondary N) is 1. The van der Waals surface area contributed by atoms with Crippen LogP contribution in [0.15, 0.2) is 34.2 Å². The predicted molar refractivity (Wildman–Crippen MR) is 68.0 cm³/mol. The molecule has 0 amide bonds. The number of nitrogens with zero attached hydrogens (tertiary/aromatic N) is 1. The summed E-state index contributed by atoms with van der Waals surface area (Å²) < 4.78 is 1.14. The van der Waals surface area contributed by atoms with Crippen LogP contribution in [0, 0.1) is 0 Å². The van der Waals surface area contributed by atoms with Gasteiger partial charge in [-0.25, -0.2) is 4.98 Å². The van der Waals surface area contributed by atoms with Gasteiger partial charge in [-0.1, -0.05) is 0 Å². The summed E-state index contributed by atoms with van der Waals surface area (Å²) in [5.74, 6) is 0.805. The van der Waals surface area contributed by atoms with Crippen molar-refractivity contribution >= 4 is 38.8 Å². The second kappa shape index (κ2) is 4.63. The Morgan fingerprint density at radius 2 is 2.27 bits per heavy atom. The third-order valence-corrected chi connectivity index (χ3v) is 3.48. The summed E-state index contributed by atoms with van der Waals surface area (Å²) in [5.41, 5.74) is 6.37. The second-order valence-electron chi connectivity index (χ2n) is 3.03. The molecule has 0 spiro atoms. The summed E-state index contributed by atoms with van der Waals surface area (Å²) in [5, 5.41) is 3.21. The summed E-state index contributed by atoms with van der Waals surface area (Å²) in [6, 6.07) is 7.71. The van der Waals surface area contributed by atoms with Crippen LogP contribution in [0.4, 0.5) is 11.5 Å². The third kappa shape index (κ3) is 2.94. The topological polar surface area (TPSA) is 50.9 Å². The molecule has 0 saturated carbocycles. The van der Waals surface area contributed by atoms with Crippen molar-refractivity contribution in [2.75, 3.05) is 11.1 Å². The molecule has 0 unspecified atom stereocenters. The SMILES string of the molecule is Nc1ccnc(NCc2ccc(Br)s2)c1. The average Bonchev–Trinajstić information content (AvgIpc) is 2.62. The molecule has 0 fully saturated rings. The van der Waals surface area contributed by atoms with Gasteiger partial charge in [-0.05, 0) is 34.1 Å². The van der Waals surface area contributed by atoms with Crippen LogP contribution in [0.5, 0.6) is 0 Å². The molecule has 2 rings (SSSR count). The maximum absolute atomic E-state index is 5.65. The molecule has 0 atom stereocenters. The molecule has 2 heterocycles. The van der Waals surface area contributed by atoms with E-state index in [0.717, 1.165) is 21.8 Å². The fourth-order valence-electron chi connectivity index (χ4n) is 1.17. The van der Waals surface area contributed by atoms with Crippen LogP contribution in [-0.4, -0.2) is 4.98 Å². The maximum Gasteiger partial charge on any atom is 0.128 e. The molecule has 3 N–H and O–H groups in total. The standard InChI is InChI=1S/C10H10BrN3S/c11-9-2-1-8(15-9)6-14-10-5-7(12)3-4-13-10/h1-5H,6H2,(H3,12,13,14). The Kier molecular flexibility index (Phi) is 3.23. The highest BCUT2D eigenvalue weighted by atomic mass is 79.9. The van der Waals surface area contributed by atoms with E-state index < -0.39 is 0 Å². The van der Waals surface area contributed by atoms with Gasteiger partial charge >= 0.3 is 0 Å². The van der Waals surface area contributed by atoms with Gasteiger partial charge in [-0.15, -0.1) is 11.3 Å². The van der Waals surface area contributed by atoms with Gasteiger partial charge in [0.05, 0.1) is 10.3 Å². The normalized spacial score (nSPS) is 10.2. The van der Waals surface area contributed by atoms with Crippen LogP contribution in [0.25, 0.3) is 0 Å². The molecule has 0 aromatic carbocycles. The second-order valence-corrected chi connectivity index (χ2v) is 5.58. The van der Waals surface area contributed by atoms with Crippen molar-refractivity contribution in [3.63, 3.8) is 0 Å². The quantitative estimate of drug-likeness (QED) is 0.910. The van der Waals surface area contributed by atoms with Gasteiger partial charge in [0.2, 0.25) is 0 Å². The van der Waals surface area contributed by atoms with Crippen molar-refractivity contribution < 1.29 is 0 Å². The number of nitrogens with two attached hydrogens (primary N) is 1. The number of hydrogen-bond donors (Lipinski definition) is 2. The van der Waals surface area contributed by atoms with Crippen LogP contribution in [0.3, 0.4) is 0 Å². The van der Waals surface area contributed by atoms with Crippen LogP contribution in [0.2, 0.25) is 0 Å².